The van der Waals surface area contributed by atoms with Gasteiger partial charge in [-0.05, 0) is 13.8 Å². The smallest absolute Gasteiger partial charge is 0.318 e. The van der Waals surface area contributed by atoms with Gasteiger partial charge in [-0.15, -0.1) is 5.92 Å². The summed E-state index contributed by atoms with van der Waals surface area (Å²) in [5.74, 6) is 4.98. The Morgan fingerprint density at radius 1 is 1.64 bits per heavy atom. The lowest BCUT2D eigenvalue weighted by atomic mass is 10.4. The minimum absolute atomic E-state index is 0.189. The largest absolute Gasteiger partial charge is 0.461 e. The molecular formula is C9H12O2. The molecule has 0 aliphatic heterocycles. The maximum atomic E-state index is 10.7. The van der Waals surface area contributed by atoms with Crippen LogP contribution in [0.1, 0.15) is 20.3 Å². The first-order valence-corrected chi connectivity index (χ1v) is 3.47. The molecule has 0 aliphatic rings. The summed E-state index contributed by atoms with van der Waals surface area (Å²) in [6.07, 6.45) is 3.80. The summed E-state index contributed by atoms with van der Waals surface area (Å²) in [5.41, 5.74) is 0. The van der Waals surface area contributed by atoms with Crippen LogP contribution in [0.3, 0.4) is 0 Å². The molecule has 11 heavy (non-hydrogen) atoms. The van der Waals surface area contributed by atoms with Gasteiger partial charge < -0.3 is 4.74 Å². The summed E-state index contributed by atoms with van der Waals surface area (Å²) in [6, 6.07) is 0. The normalized spacial score (nSPS) is 8.91. The van der Waals surface area contributed by atoms with Crippen molar-refractivity contribution >= 4 is 5.97 Å². The molecule has 0 atom stereocenters. The molecule has 0 bridgehead atoms. The van der Waals surface area contributed by atoms with Crippen LogP contribution >= 0.6 is 0 Å². The van der Waals surface area contributed by atoms with E-state index in [2.05, 4.69) is 11.8 Å². The third-order valence-electron chi connectivity index (χ3n) is 0.986. The highest BCUT2D eigenvalue weighted by Gasteiger charge is 1.95. The van der Waals surface area contributed by atoms with E-state index in [1.807, 2.05) is 13.0 Å². The third-order valence-corrected chi connectivity index (χ3v) is 0.986. The van der Waals surface area contributed by atoms with E-state index < -0.39 is 0 Å². The molecule has 0 aliphatic carbocycles. The fourth-order valence-electron chi connectivity index (χ4n) is 0.449. The predicted molar refractivity (Wildman–Crippen MR) is 43.8 cm³/mol. The van der Waals surface area contributed by atoms with Crippen LogP contribution in [0.4, 0.5) is 0 Å². The van der Waals surface area contributed by atoms with Gasteiger partial charge in [0.25, 0.3) is 0 Å². The Morgan fingerprint density at radius 3 is 2.91 bits per heavy atom. The van der Waals surface area contributed by atoms with Crippen molar-refractivity contribution in [2.24, 2.45) is 0 Å². The fourth-order valence-corrected chi connectivity index (χ4v) is 0.449. The molecular weight excluding hydrogens is 140 g/mol. The minimum Gasteiger partial charge on any atom is -0.461 e. The second-order valence-corrected chi connectivity index (χ2v) is 1.86. The Hall–Kier alpha value is -1.23. The van der Waals surface area contributed by atoms with Crippen molar-refractivity contribution in [3.8, 4) is 11.8 Å². The summed E-state index contributed by atoms with van der Waals surface area (Å²) in [4.78, 5) is 10.7. The quantitative estimate of drug-likeness (QED) is 0.348. The van der Waals surface area contributed by atoms with Crippen molar-refractivity contribution in [1.82, 2.24) is 0 Å². The zero-order chi connectivity index (χ0) is 8.53. The number of hydrogen-bond donors (Lipinski definition) is 0. The molecule has 0 aromatic heterocycles. The Bertz CT molecular complexity index is 193. The van der Waals surface area contributed by atoms with Gasteiger partial charge in [-0.1, -0.05) is 18.1 Å². The summed E-state index contributed by atoms with van der Waals surface area (Å²) < 4.78 is 4.76. The SMILES string of the molecule is CC#CCC(=O)OCC=CC. The van der Waals surface area contributed by atoms with Gasteiger partial charge >= 0.3 is 5.97 Å². The molecule has 60 valence electrons. The molecule has 0 spiro atoms. The number of ether oxygens (including phenoxy) is 1. The van der Waals surface area contributed by atoms with E-state index in [1.54, 1.807) is 13.0 Å². The molecule has 0 heterocycles. The Morgan fingerprint density at radius 2 is 2.36 bits per heavy atom. The van der Waals surface area contributed by atoms with E-state index in [0.717, 1.165) is 0 Å². The Labute approximate surface area is 67.2 Å². The van der Waals surface area contributed by atoms with Gasteiger partial charge in [-0.2, -0.15) is 0 Å². The van der Waals surface area contributed by atoms with Gasteiger partial charge in [0.05, 0.1) is 0 Å². The monoisotopic (exact) mass is 152 g/mol. The number of carbonyl (C=O) groups excluding carboxylic acids is 1. The first-order valence-electron chi connectivity index (χ1n) is 3.47. The zero-order valence-corrected chi connectivity index (χ0v) is 6.89. The molecule has 0 fully saturated rings. The van der Waals surface area contributed by atoms with Crippen molar-refractivity contribution in [1.29, 1.82) is 0 Å². The van der Waals surface area contributed by atoms with Crippen LogP contribution in [0.5, 0.6) is 0 Å². The van der Waals surface area contributed by atoms with Gasteiger partial charge in [-0.3, -0.25) is 4.79 Å². The molecule has 2 nitrogen and oxygen atoms in total. The molecule has 0 amide bonds. The van der Waals surface area contributed by atoms with Crippen LogP contribution in [-0.4, -0.2) is 12.6 Å². The van der Waals surface area contributed by atoms with Crippen LogP contribution in [0.15, 0.2) is 12.2 Å². The number of allylic oxidation sites excluding steroid dienone is 1. The van der Waals surface area contributed by atoms with Crippen LogP contribution in [0.25, 0.3) is 0 Å². The highest BCUT2D eigenvalue weighted by Crippen LogP contribution is 1.84. The van der Waals surface area contributed by atoms with Crippen molar-refractivity contribution in [2.45, 2.75) is 20.3 Å². The molecule has 0 rings (SSSR count). The van der Waals surface area contributed by atoms with E-state index >= 15 is 0 Å². The van der Waals surface area contributed by atoms with E-state index in [4.69, 9.17) is 4.74 Å². The highest BCUT2D eigenvalue weighted by atomic mass is 16.5. The van der Waals surface area contributed by atoms with Gasteiger partial charge in [0.2, 0.25) is 0 Å². The summed E-state index contributed by atoms with van der Waals surface area (Å²) >= 11 is 0. The number of rotatable bonds is 3. The van der Waals surface area contributed by atoms with Crippen molar-refractivity contribution in [3.63, 3.8) is 0 Å². The molecule has 0 saturated carbocycles. The molecule has 0 saturated heterocycles. The topological polar surface area (TPSA) is 26.3 Å². The maximum Gasteiger partial charge on any atom is 0.318 e. The van der Waals surface area contributed by atoms with E-state index in [-0.39, 0.29) is 12.4 Å². The number of esters is 1. The van der Waals surface area contributed by atoms with Gasteiger partial charge in [-0.25, -0.2) is 0 Å². The molecule has 0 aromatic rings. The summed E-state index contributed by atoms with van der Waals surface area (Å²) in [6.45, 7) is 3.92. The number of carbonyl (C=O) groups is 1. The second-order valence-electron chi connectivity index (χ2n) is 1.86. The zero-order valence-electron chi connectivity index (χ0n) is 6.89. The lowest BCUT2D eigenvalue weighted by Gasteiger charge is -1.95. The number of hydrogen-bond acceptors (Lipinski definition) is 2. The van der Waals surface area contributed by atoms with Crippen LogP contribution in [-0.2, 0) is 9.53 Å². The standard InChI is InChI=1S/C9H12O2/c1-3-5-7-9(10)11-8-6-4-2/h4,6H,7-8H2,1-2H3. The predicted octanol–water partition coefficient (Wildman–Crippen LogP) is 1.52. The van der Waals surface area contributed by atoms with E-state index in [0.29, 0.717) is 6.61 Å². The third kappa shape index (κ3) is 6.66. The summed E-state index contributed by atoms with van der Waals surface area (Å²) in [7, 11) is 0. The maximum absolute atomic E-state index is 10.7. The van der Waals surface area contributed by atoms with Gasteiger partial charge in [0.15, 0.2) is 0 Å². The highest BCUT2D eigenvalue weighted by molar-refractivity contribution is 5.72. The van der Waals surface area contributed by atoms with E-state index in [9.17, 15) is 4.79 Å². The Kier molecular flexibility index (Phi) is 6.11. The lowest BCUT2D eigenvalue weighted by Crippen LogP contribution is -2.02. The van der Waals surface area contributed by atoms with Crippen molar-refractivity contribution < 1.29 is 9.53 Å². The average Bonchev–Trinajstić information content (AvgIpc) is 2.01. The fraction of sp³-hybridized carbons (Fsp3) is 0.444. The van der Waals surface area contributed by atoms with Gasteiger partial charge in [0.1, 0.15) is 13.0 Å². The Balaban J connectivity index is 3.42. The molecule has 0 unspecified atom stereocenters. The molecule has 2 heteroatoms. The van der Waals surface area contributed by atoms with Crippen LogP contribution in [0.2, 0.25) is 0 Å². The van der Waals surface area contributed by atoms with Crippen molar-refractivity contribution in [2.75, 3.05) is 6.61 Å². The minimum atomic E-state index is -0.266. The van der Waals surface area contributed by atoms with Crippen LogP contribution in [0, 0.1) is 11.8 Å². The first-order chi connectivity index (χ1) is 5.31. The molecule has 0 radical (unpaired) electrons. The summed E-state index contributed by atoms with van der Waals surface area (Å²) in [5, 5.41) is 0. The second kappa shape index (κ2) is 6.88. The molecule has 0 aromatic carbocycles. The molecule has 0 N–H and O–H groups in total. The average molecular weight is 152 g/mol. The lowest BCUT2D eigenvalue weighted by molar-refractivity contribution is -0.141. The van der Waals surface area contributed by atoms with Crippen molar-refractivity contribution in [3.05, 3.63) is 12.2 Å². The van der Waals surface area contributed by atoms with E-state index in [1.165, 1.54) is 0 Å². The first kappa shape index (κ1) is 9.77. The van der Waals surface area contributed by atoms with Gasteiger partial charge in [0, 0.05) is 0 Å². The van der Waals surface area contributed by atoms with Crippen LogP contribution < -0.4 is 0 Å².